The van der Waals surface area contributed by atoms with E-state index in [1.54, 1.807) is 0 Å². The molecular weight excluding hydrogens is 274 g/mol. The van der Waals surface area contributed by atoms with Crippen molar-refractivity contribution in [1.82, 2.24) is 10.2 Å². The highest BCUT2D eigenvalue weighted by Crippen LogP contribution is 2.10. The van der Waals surface area contributed by atoms with E-state index in [1.165, 1.54) is 5.56 Å². The summed E-state index contributed by atoms with van der Waals surface area (Å²) >= 11 is 0. The molecule has 1 aromatic rings. The summed E-state index contributed by atoms with van der Waals surface area (Å²) in [6.45, 7) is 5.29. The molecule has 0 unspecified atom stereocenters. The molecule has 0 aliphatic rings. The monoisotopic (exact) mass is 299 g/mol. The van der Waals surface area contributed by atoms with Gasteiger partial charge in [-0.1, -0.05) is 38.1 Å². The Morgan fingerprint density at radius 3 is 2.30 bits per heavy atom. The Bertz CT molecular complexity index is 421. The van der Waals surface area contributed by atoms with Crippen LogP contribution in [0, 0.1) is 5.92 Å². The van der Waals surface area contributed by atoms with E-state index in [0.29, 0.717) is 6.54 Å². The van der Waals surface area contributed by atoms with Gasteiger partial charge in [0.2, 0.25) is 5.91 Å². The van der Waals surface area contributed by atoms with Gasteiger partial charge in [0.15, 0.2) is 0 Å². The summed E-state index contributed by atoms with van der Waals surface area (Å²) in [4.78, 5) is 14.0. The minimum atomic E-state index is -0.444. The maximum Gasteiger partial charge on any atom is 0.237 e. The molecule has 114 valence electrons. The lowest BCUT2D eigenvalue weighted by Crippen LogP contribution is -2.43. The van der Waals surface area contributed by atoms with Crippen molar-refractivity contribution in [2.24, 2.45) is 11.7 Å². The minimum absolute atomic E-state index is 0. The number of benzene rings is 1. The van der Waals surface area contributed by atoms with Crippen molar-refractivity contribution in [2.45, 2.75) is 33.0 Å². The SMILES string of the molecule is CC(C)[C@H](N)C(=O)NCc1ccccc1CN(C)C.Cl. The quantitative estimate of drug-likeness (QED) is 0.842. The van der Waals surface area contributed by atoms with Crippen molar-refractivity contribution in [3.8, 4) is 0 Å². The highest BCUT2D eigenvalue weighted by molar-refractivity contribution is 5.85. The molecule has 1 rings (SSSR count). The number of carbonyl (C=O) groups is 1. The first-order valence-corrected chi connectivity index (χ1v) is 6.66. The van der Waals surface area contributed by atoms with Gasteiger partial charge in [0.05, 0.1) is 6.04 Å². The molecule has 0 bridgehead atoms. The second-order valence-electron chi connectivity index (χ2n) is 5.49. The molecule has 0 aliphatic carbocycles. The summed E-state index contributed by atoms with van der Waals surface area (Å²) in [6, 6.07) is 7.69. The molecular formula is C15H26ClN3O. The smallest absolute Gasteiger partial charge is 0.237 e. The third-order valence-corrected chi connectivity index (χ3v) is 3.08. The van der Waals surface area contributed by atoms with Crippen molar-refractivity contribution >= 4 is 18.3 Å². The van der Waals surface area contributed by atoms with Gasteiger partial charge in [0.1, 0.15) is 0 Å². The zero-order valence-electron chi connectivity index (χ0n) is 12.7. The molecule has 0 heterocycles. The van der Waals surface area contributed by atoms with Gasteiger partial charge in [-0.15, -0.1) is 12.4 Å². The van der Waals surface area contributed by atoms with E-state index in [2.05, 4.69) is 16.3 Å². The fraction of sp³-hybridized carbons (Fsp3) is 0.533. The largest absolute Gasteiger partial charge is 0.351 e. The third kappa shape index (κ3) is 5.90. The van der Waals surface area contributed by atoms with Gasteiger partial charge in [-0.25, -0.2) is 0 Å². The summed E-state index contributed by atoms with van der Waals surface area (Å²) in [5.74, 6) is 0.0617. The molecule has 0 aliphatic heterocycles. The van der Waals surface area contributed by atoms with Crippen LogP contribution in [0.25, 0.3) is 0 Å². The third-order valence-electron chi connectivity index (χ3n) is 3.08. The second kappa shape index (κ2) is 8.95. The van der Waals surface area contributed by atoms with Gasteiger partial charge < -0.3 is 16.0 Å². The normalized spacial score (nSPS) is 12.2. The van der Waals surface area contributed by atoms with E-state index >= 15 is 0 Å². The van der Waals surface area contributed by atoms with Crippen LogP contribution in [0.2, 0.25) is 0 Å². The standard InChI is InChI=1S/C15H25N3O.ClH/c1-11(2)14(16)15(19)17-9-12-7-5-6-8-13(12)10-18(3)4;/h5-8,11,14H,9-10,16H2,1-4H3,(H,17,19);1H/t14-;/m0./s1. The van der Waals surface area contributed by atoms with Crippen LogP contribution in [-0.4, -0.2) is 30.9 Å². The maximum atomic E-state index is 11.8. The number of halogens is 1. The van der Waals surface area contributed by atoms with E-state index in [0.717, 1.165) is 12.1 Å². The molecule has 0 radical (unpaired) electrons. The summed E-state index contributed by atoms with van der Waals surface area (Å²) < 4.78 is 0. The lowest BCUT2D eigenvalue weighted by molar-refractivity contribution is -0.123. The molecule has 1 amide bonds. The van der Waals surface area contributed by atoms with Crippen molar-refractivity contribution in [3.05, 3.63) is 35.4 Å². The lowest BCUT2D eigenvalue weighted by Gasteiger charge is -2.17. The van der Waals surface area contributed by atoms with E-state index in [1.807, 2.05) is 46.1 Å². The van der Waals surface area contributed by atoms with Crippen molar-refractivity contribution in [3.63, 3.8) is 0 Å². The second-order valence-corrected chi connectivity index (χ2v) is 5.49. The fourth-order valence-electron chi connectivity index (χ4n) is 1.83. The summed E-state index contributed by atoms with van der Waals surface area (Å²) in [5.41, 5.74) is 8.19. The molecule has 5 heteroatoms. The molecule has 4 nitrogen and oxygen atoms in total. The Balaban J connectivity index is 0.00000361. The first-order valence-electron chi connectivity index (χ1n) is 6.66. The van der Waals surface area contributed by atoms with Crippen LogP contribution in [0.3, 0.4) is 0 Å². The van der Waals surface area contributed by atoms with Crippen molar-refractivity contribution in [1.29, 1.82) is 0 Å². The summed E-state index contributed by atoms with van der Waals surface area (Å²) in [6.07, 6.45) is 0. The Kier molecular flexibility index (Phi) is 8.46. The van der Waals surface area contributed by atoms with Crippen LogP contribution in [-0.2, 0) is 17.9 Å². The van der Waals surface area contributed by atoms with E-state index in [4.69, 9.17) is 5.73 Å². The van der Waals surface area contributed by atoms with Crippen molar-refractivity contribution in [2.75, 3.05) is 14.1 Å². The van der Waals surface area contributed by atoms with Gasteiger partial charge in [-0.2, -0.15) is 0 Å². The highest BCUT2D eigenvalue weighted by Gasteiger charge is 2.16. The highest BCUT2D eigenvalue weighted by atomic mass is 35.5. The van der Waals surface area contributed by atoms with E-state index in [-0.39, 0.29) is 24.2 Å². The Morgan fingerprint density at radius 1 is 1.25 bits per heavy atom. The number of nitrogens with one attached hydrogen (secondary N) is 1. The first-order chi connectivity index (χ1) is 8.91. The molecule has 3 N–H and O–H groups in total. The maximum absolute atomic E-state index is 11.8. The van der Waals surface area contributed by atoms with E-state index in [9.17, 15) is 4.79 Å². The zero-order valence-corrected chi connectivity index (χ0v) is 13.5. The fourth-order valence-corrected chi connectivity index (χ4v) is 1.83. The molecule has 0 aromatic heterocycles. The van der Waals surface area contributed by atoms with E-state index < -0.39 is 6.04 Å². The molecule has 0 spiro atoms. The summed E-state index contributed by atoms with van der Waals surface area (Å²) in [5, 5.41) is 2.91. The Labute approximate surface area is 128 Å². The Morgan fingerprint density at radius 2 is 1.80 bits per heavy atom. The van der Waals surface area contributed by atoms with Crippen LogP contribution in [0.4, 0.5) is 0 Å². The van der Waals surface area contributed by atoms with Gasteiger partial charge in [-0.3, -0.25) is 4.79 Å². The van der Waals surface area contributed by atoms with Crippen LogP contribution >= 0.6 is 12.4 Å². The lowest BCUT2D eigenvalue weighted by atomic mass is 10.0. The number of rotatable bonds is 6. The average molecular weight is 300 g/mol. The molecule has 0 fully saturated rings. The molecule has 1 atom stereocenters. The zero-order chi connectivity index (χ0) is 14.4. The first kappa shape index (κ1) is 18.9. The van der Waals surface area contributed by atoms with Gasteiger partial charge in [-0.05, 0) is 31.1 Å². The van der Waals surface area contributed by atoms with Crippen LogP contribution in [0.15, 0.2) is 24.3 Å². The number of carbonyl (C=O) groups excluding carboxylic acids is 1. The number of nitrogens with zero attached hydrogens (tertiary/aromatic N) is 1. The van der Waals surface area contributed by atoms with Crippen LogP contribution in [0.1, 0.15) is 25.0 Å². The van der Waals surface area contributed by atoms with Gasteiger partial charge >= 0.3 is 0 Å². The van der Waals surface area contributed by atoms with Crippen molar-refractivity contribution < 1.29 is 4.79 Å². The number of nitrogens with two attached hydrogens (primary N) is 1. The van der Waals surface area contributed by atoms with Gasteiger partial charge in [0, 0.05) is 13.1 Å². The summed E-state index contributed by atoms with van der Waals surface area (Å²) in [7, 11) is 4.06. The number of hydrogen-bond acceptors (Lipinski definition) is 3. The predicted molar refractivity (Wildman–Crippen MR) is 85.7 cm³/mol. The van der Waals surface area contributed by atoms with Crippen LogP contribution in [0.5, 0.6) is 0 Å². The average Bonchev–Trinajstić information content (AvgIpc) is 2.35. The van der Waals surface area contributed by atoms with Crippen LogP contribution < -0.4 is 11.1 Å². The molecule has 20 heavy (non-hydrogen) atoms. The Hall–Kier alpha value is -1.10. The molecule has 1 aromatic carbocycles. The minimum Gasteiger partial charge on any atom is -0.351 e. The predicted octanol–water partition coefficient (Wildman–Crippen LogP) is 1.77. The number of amides is 1. The number of hydrogen-bond donors (Lipinski definition) is 2. The topological polar surface area (TPSA) is 58.4 Å². The molecule has 0 saturated heterocycles. The van der Waals surface area contributed by atoms with Gasteiger partial charge in [0.25, 0.3) is 0 Å². The molecule has 0 saturated carbocycles.